The molecule has 19 heavy (non-hydrogen) atoms. The molecule has 4 nitrogen and oxygen atoms in total. The third kappa shape index (κ3) is 2.90. The summed E-state index contributed by atoms with van der Waals surface area (Å²) in [6.07, 6.45) is 0. The first-order chi connectivity index (χ1) is 9.10. The highest BCUT2D eigenvalue weighted by molar-refractivity contribution is 5.99. The van der Waals surface area contributed by atoms with Crippen LogP contribution in [0.25, 0.3) is 0 Å². The summed E-state index contributed by atoms with van der Waals surface area (Å²) in [6.45, 7) is 1.45. The van der Waals surface area contributed by atoms with Crippen molar-refractivity contribution in [2.45, 2.75) is 6.92 Å². The fraction of sp³-hybridized carbons (Fsp3) is 0.0667. The first-order valence-corrected chi connectivity index (χ1v) is 5.68. The number of hydrogen-bond acceptors (Lipinski definition) is 4. The van der Waals surface area contributed by atoms with Crippen molar-refractivity contribution >= 4 is 11.5 Å². The topological polar surface area (TPSA) is 76.1 Å². The molecule has 0 spiro atoms. The highest BCUT2D eigenvalue weighted by Gasteiger charge is 2.07. The number of carbonyl (C=O) groups excluding carboxylic acids is 1. The zero-order valence-corrected chi connectivity index (χ0v) is 10.4. The van der Waals surface area contributed by atoms with Gasteiger partial charge in [0.1, 0.15) is 11.5 Å². The van der Waals surface area contributed by atoms with Crippen LogP contribution in [-0.2, 0) is 0 Å². The standard InChI is InChI=1S/C15H12N2O2/c1-10(18)14-8-13(5-6-15(14)17)19-12-4-2-3-11(7-12)9-16/h2-8H,17H2,1H3. The Morgan fingerprint density at radius 1 is 1.21 bits per heavy atom. The van der Waals surface area contributed by atoms with Gasteiger partial charge in [0.15, 0.2) is 5.78 Å². The number of nitrogens with zero attached hydrogens (tertiary/aromatic N) is 1. The molecule has 2 aromatic carbocycles. The number of rotatable bonds is 3. The lowest BCUT2D eigenvalue weighted by Gasteiger charge is -2.08. The Kier molecular flexibility index (Phi) is 3.48. The highest BCUT2D eigenvalue weighted by atomic mass is 16.5. The van der Waals surface area contributed by atoms with Crippen LogP contribution in [0.2, 0.25) is 0 Å². The summed E-state index contributed by atoms with van der Waals surface area (Å²) in [5, 5.41) is 8.81. The van der Waals surface area contributed by atoms with Crippen LogP contribution in [0.4, 0.5) is 5.69 Å². The summed E-state index contributed by atoms with van der Waals surface area (Å²) >= 11 is 0. The Morgan fingerprint density at radius 2 is 1.95 bits per heavy atom. The van der Waals surface area contributed by atoms with E-state index in [4.69, 9.17) is 15.7 Å². The van der Waals surface area contributed by atoms with Crippen LogP contribution in [0.1, 0.15) is 22.8 Å². The summed E-state index contributed by atoms with van der Waals surface area (Å²) < 4.78 is 5.61. The first kappa shape index (κ1) is 12.7. The maximum absolute atomic E-state index is 11.4. The summed E-state index contributed by atoms with van der Waals surface area (Å²) in [4.78, 5) is 11.4. The van der Waals surface area contributed by atoms with Gasteiger partial charge in [-0.1, -0.05) is 6.07 Å². The van der Waals surface area contributed by atoms with Crippen LogP contribution < -0.4 is 10.5 Å². The van der Waals surface area contributed by atoms with Gasteiger partial charge in [0, 0.05) is 11.3 Å². The largest absolute Gasteiger partial charge is 0.457 e. The van der Waals surface area contributed by atoms with Gasteiger partial charge >= 0.3 is 0 Å². The zero-order valence-electron chi connectivity index (χ0n) is 10.4. The Labute approximate surface area is 111 Å². The fourth-order valence-corrected chi connectivity index (χ4v) is 1.67. The zero-order chi connectivity index (χ0) is 13.8. The normalized spacial score (nSPS) is 9.68. The monoisotopic (exact) mass is 252 g/mol. The van der Waals surface area contributed by atoms with Crippen LogP contribution >= 0.6 is 0 Å². The van der Waals surface area contributed by atoms with E-state index in [2.05, 4.69) is 0 Å². The minimum absolute atomic E-state index is 0.117. The molecule has 0 fully saturated rings. The van der Waals surface area contributed by atoms with E-state index in [9.17, 15) is 4.79 Å². The van der Waals surface area contributed by atoms with Crippen molar-refractivity contribution in [3.8, 4) is 17.6 Å². The number of hydrogen-bond donors (Lipinski definition) is 1. The van der Waals surface area contributed by atoms with Crippen molar-refractivity contribution in [1.82, 2.24) is 0 Å². The van der Waals surface area contributed by atoms with Gasteiger partial charge in [-0.05, 0) is 43.3 Å². The maximum atomic E-state index is 11.4. The molecule has 94 valence electrons. The van der Waals surface area contributed by atoms with E-state index in [1.165, 1.54) is 6.92 Å². The predicted octanol–water partition coefficient (Wildman–Crippen LogP) is 3.14. The molecule has 0 atom stereocenters. The fourth-order valence-electron chi connectivity index (χ4n) is 1.67. The number of carbonyl (C=O) groups is 1. The molecule has 0 saturated heterocycles. The van der Waals surface area contributed by atoms with Crippen LogP contribution in [0, 0.1) is 11.3 Å². The van der Waals surface area contributed by atoms with Crippen molar-refractivity contribution in [3.05, 3.63) is 53.6 Å². The van der Waals surface area contributed by atoms with Crippen molar-refractivity contribution in [2.75, 3.05) is 5.73 Å². The Hall–Kier alpha value is -2.80. The molecular weight excluding hydrogens is 240 g/mol. The quantitative estimate of drug-likeness (QED) is 0.672. The molecule has 0 aliphatic heterocycles. The van der Waals surface area contributed by atoms with E-state index < -0.39 is 0 Å². The second kappa shape index (κ2) is 5.23. The van der Waals surface area contributed by atoms with Gasteiger partial charge in [-0.2, -0.15) is 5.26 Å². The number of ether oxygens (including phenoxy) is 1. The van der Waals surface area contributed by atoms with E-state index >= 15 is 0 Å². The van der Waals surface area contributed by atoms with E-state index in [0.29, 0.717) is 28.3 Å². The second-order valence-corrected chi connectivity index (χ2v) is 4.05. The van der Waals surface area contributed by atoms with Gasteiger partial charge < -0.3 is 10.5 Å². The Morgan fingerprint density at radius 3 is 2.63 bits per heavy atom. The SMILES string of the molecule is CC(=O)c1cc(Oc2cccc(C#N)c2)ccc1N. The van der Waals surface area contributed by atoms with Crippen molar-refractivity contribution < 1.29 is 9.53 Å². The molecule has 0 bridgehead atoms. The molecule has 0 amide bonds. The van der Waals surface area contributed by atoms with Crippen LogP contribution in [-0.4, -0.2) is 5.78 Å². The predicted molar refractivity (Wildman–Crippen MR) is 72.1 cm³/mol. The average molecular weight is 252 g/mol. The molecule has 0 aliphatic rings. The smallest absolute Gasteiger partial charge is 0.162 e. The number of ketones is 1. The molecule has 0 aromatic heterocycles. The Bertz CT molecular complexity index is 672. The van der Waals surface area contributed by atoms with Crippen molar-refractivity contribution in [3.63, 3.8) is 0 Å². The molecule has 0 heterocycles. The third-order valence-electron chi connectivity index (χ3n) is 2.60. The molecule has 2 rings (SSSR count). The molecule has 0 radical (unpaired) electrons. The van der Waals surface area contributed by atoms with Crippen molar-refractivity contribution in [2.24, 2.45) is 0 Å². The number of Topliss-reactive ketones (excluding diaryl/α,β-unsaturated/α-hetero) is 1. The van der Waals surface area contributed by atoms with Gasteiger partial charge in [0.25, 0.3) is 0 Å². The molecule has 4 heteroatoms. The number of anilines is 1. The molecule has 0 aliphatic carbocycles. The van der Waals surface area contributed by atoms with E-state index in [1.807, 2.05) is 6.07 Å². The molecule has 0 unspecified atom stereocenters. The molecule has 2 aromatic rings. The minimum Gasteiger partial charge on any atom is -0.457 e. The molecular formula is C15H12N2O2. The lowest BCUT2D eigenvalue weighted by Crippen LogP contribution is -1.99. The molecule has 2 N–H and O–H groups in total. The lowest BCUT2D eigenvalue weighted by atomic mass is 10.1. The summed E-state index contributed by atoms with van der Waals surface area (Å²) in [5.74, 6) is 0.932. The second-order valence-electron chi connectivity index (χ2n) is 4.05. The average Bonchev–Trinajstić information content (AvgIpc) is 2.41. The third-order valence-corrected chi connectivity index (χ3v) is 2.60. The molecule has 0 saturated carbocycles. The summed E-state index contributed by atoms with van der Waals surface area (Å²) in [7, 11) is 0. The number of nitriles is 1. The van der Waals surface area contributed by atoms with E-state index in [1.54, 1.807) is 42.5 Å². The van der Waals surface area contributed by atoms with Crippen LogP contribution in [0.5, 0.6) is 11.5 Å². The number of benzene rings is 2. The van der Waals surface area contributed by atoms with Gasteiger partial charge in [-0.25, -0.2) is 0 Å². The first-order valence-electron chi connectivity index (χ1n) is 5.68. The lowest BCUT2D eigenvalue weighted by molar-refractivity contribution is 0.101. The number of nitrogens with two attached hydrogens (primary N) is 1. The van der Waals surface area contributed by atoms with Crippen molar-refractivity contribution in [1.29, 1.82) is 5.26 Å². The van der Waals surface area contributed by atoms with Crippen LogP contribution in [0.3, 0.4) is 0 Å². The van der Waals surface area contributed by atoms with Gasteiger partial charge in [-0.3, -0.25) is 4.79 Å². The van der Waals surface area contributed by atoms with E-state index in [-0.39, 0.29) is 5.78 Å². The highest BCUT2D eigenvalue weighted by Crippen LogP contribution is 2.25. The maximum Gasteiger partial charge on any atom is 0.162 e. The van der Waals surface area contributed by atoms with Gasteiger partial charge in [-0.15, -0.1) is 0 Å². The number of nitrogen functional groups attached to an aromatic ring is 1. The minimum atomic E-state index is -0.117. The van der Waals surface area contributed by atoms with E-state index in [0.717, 1.165) is 0 Å². The van der Waals surface area contributed by atoms with Gasteiger partial charge in [0.2, 0.25) is 0 Å². The van der Waals surface area contributed by atoms with Crippen LogP contribution in [0.15, 0.2) is 42.5 Å². The summed E-state index contributed by atoms with van der Waals surface area (Å²) in [6, 6.07) is 13.7. The Balaban J connectivity index is 2.31. The van der Waals surface area contributed by atoms with Gasteiger partial charge in [0.05, 0.1) is 11.6 Å². The summed E-state index contributed by atoms with van der Waals surface area (Å²) in [5.41, 5.74) is 7.07.